The first-order chi connectivity index (χ1) is 22.7. The SMILES string of the molecule is CC(C)(C)N=Cc1ccc(C(C)(C)c2ccc(C=NC(C)(C)C)[n-]2)[n-]1.CC(C)(C)N=Cc1ccc(C(C)(C)c2ccc(C=NC(C)(C)C)[n-]2)[n-]1.[Mn+2].[Mn+2]. The summed E-state index contributed by atoms with van der Waals surface area (Å²) < 4.78 is 0. The summed E-state index contributed by atoms with van der Waals surface area (Å²) >= 11 is 0. The van der Waals surface area contributed by atoms with Gasteiger partial charge in [0.05, 0.1) is 22.2 Å². The Bertz CT molecular complexity index is 1530. The van der Waals surface area contributed by atoms with Crippen LogP contribution in [0, 0.1) is 0 Å². The summed E-state index contributed by atoms with van der Waals surface area (Å²) in [5.74, 6) is 0. The summed E-state index contributed by atoms with van der Waals surface area (Å²) in [4.78, 5) is 37.0. The normalized spacial score (nSPS) is 13.5. The predicted molar refractivity (Wildman–Crippen MR) is 213 cm³/mol. The number of hydrogen-bond acceptors (Lipinski definition) is 4. The zero-order valence-corrected chi connectivity index (χ0v) is 36.6. The predicted octanol–water partition coefficient (Wildman–Crippen LogP) is 8.72. The van der Waals surface area contributed by atoms with Crippen LogP contribution in [0.25, 0.3) is 0 Å². The Kier molecular flexibility index (Phi) is 16.0. The minimum atomic E-state index is -0.262. The van der Waals surface area contributed by atoms with Gasteiger partial charge in [0.25, 0.3) is 0 Å². The van der Waals surface area contributed by atoms with Crippen LogP contribution in [-0.4, -0.2) is 47.0 Å². The van der Waals surface area contributed by atoms with Gasteiger partial charge in [-0.3, -0.25) is 20.0 Å². The van der Waals surface area contributed by atoms with Gasteiger partial charge in [0, 0.05) is 24.9 Å². The number of aromatic nitrogens is 4. The molecule has 0 aliphatic carbocycles. The molecule has 0 atom stereocenters. The summed E-state index contributed by atoms with van der Waals surface area (Å²) in [6.45, 7) is 33.5. The van der Waals surface area contributed by atoms with E-state index in [0.29, 0.717) is 0 Å². The molecule has 282 valence electrons. The van der Waals surface area contributed by atoms with E-state index >= 15 is 0 Å². The Hall–Kier alpha value is -3.16. The van der Waals surface area contributed by atoms with Gasteiger partial charge in [-0.2, -0.15) is 22.8 Å². The van der Waals surface area contributed by atoms with E-state index in [1.165, 1.54) is 0 Å². The summed E-state index contributed by atoms with van der Waals surface area (Å²) in [7, 11) is 0. The van der Waals surface area contributed by atoms with Crippen LogP contribution >= 0.6 is 0 Å². The van der Waals surface area contributed by atoms with Gasteiger partial charge in [0.15, 0.2) is 0 Å². The molecule has 0 aliphatic rings. The molecule has 4 rings (SSSR count). The van der Waals surface area contributed by atoms with Crippen LogP contribution < -0.4 is 19.9 Å². The first-order valence-corrected chi connectivity index (χ1v) is 17.5. The summed E-state index contributed by atoms with van der Waals surface area (Å²) in [6.07, 6.45) is 7.39. The number of rotatable bonds is 8. The van der Waals surface area contributed by atoms with Crippen LogP contribution in [0.5, 0.6) is 0 Å². The third kappa shape index (κ3) is 15.1. The molecule has 0 bridgehead atoms. The molecule has 0 saturated heterocycles. The fraction of sp³-hybridized carbons (Fsp3) is 0.524. The smallest absolute Gasteiger partial charge is 0.659 e. The molecule has 4 aromatic heterocycles. The molecule has 4 aromatic rings. The van der Waals surface area contributed by atoms with Crippen molar-refractivity contribution in [3.63, 3.8) is 0 Å². The molecule has 0 aliphatic heterocycles. The Morgan fingerprint density at radius 2 is 0.500 bits per heavy atom. The molecule has 8 nitrogen and oxygen atoms in total. The Morgan fingerprint density at radius 1 is 0.327 bits per heavy atom. The zero-order valence-electron chi connectivity index (χ0n) is 34.3. The van der Waals surface area contributed by atoms with Gasteiger partial charge in [-0.25, -0.2) is 0 Å². The maximum Gasteiger partial charge on any atom is 2.00 e. The quantitative estimate of drug-likeness (QED) is 0.132. The van der Waals surface area contributed by atoms with Gasteiger partial charge in [-0.1, -0.05) is 76.2 Å². The van der Waals surface area contributed by atoms with E-state index in [1.807, 2.05) is 49.1 Å². The van der Waals surface area contributed by atoms with Gasteiger partial charge in [0.1, 0.15) is 0 Å². The summed E-state index contributed by atoms with van der Waals surface area (Å²) in [6, 6.07) is 16.3. The van der Waals surface area contributed by atoms with E-state index in [-0.39, 0.29) is 67.1 Å². The number of aliphatic imine (C=N–C) groups is 4. The first kappa shape index (κ1) is 46.9. The molecule has 0 unspecified atom stereocenters. The molecule has 0 aromatic carbocycles. The minimum Gasteiger partial charge on any atom is -0.659 e. The maximum atomic E-state index is 4.73. The molecule has 52 heavy (non-hydrogen) atoms. The zero-order chi connectivity index (χ0) is 37.8. The first-order valence-electron chi connectivity index (χ1n) is 17.5. The summed E-state index contributed by atoms with van der Waals surface area (Å²) in [5.41, 5.74) is 6.65. The number of hydrogen-bond donors (Lipinski definition) is 0. The van der Waals surface area contributed by atoms with Crippen molar-refractivity contribution in [1.82, 2.24) is 19.9 Å². The molecule has 0 saturated carbocycles. The van der Waals surface area contributed by atoms with Crippen molar-refractivity contribution in [1.29, 1.82) is 0 Å². The second-order valence-corrected chi connectivity index (χ2v) is 18.0. The van der Waals surface area contributed by atoms with E-state index in [4.69, 9.17) is 19.9 Å². The molecule has 0 fully saturated rings. The molecule has 2 radical (unpaired) electrons. The van der Waals surface area contributed by atoms with Crippen molar-refractivity contribution in [2.75, 3.05) is 0 Å². The van der Waals surface area contributed by atoms with Crippen LogP contribution in [-0.2, 0) is 45.0 Å². The van der Waals surface area contributed by atoms with Gasteiger partial charge in [-0.05, 0) is 93.9 Å². The molecule has 0 spiro atoms. The van der Waals surface area contributed by atoms with E-state index in [0.717, 1.165) is 45.6 Å². The standard InChI is InChI=1S/2C21H30N4.2Mn/c2*1-19(2,3)22-13-15-9-11-17(24-15)21(7,8)18-12-10-16(25-18)14-23-20(4,5)6;;/h2*9-14H,1-8H3;;/q2*-2;2*+2. The maximum absolute atomic E-state index is 4.73. The second kappa shape index (κ2) is 17.8. The van der Waals surface area contributed by atoms with Gasteiger partial charge < -0.3 is 19.9 Å². The van der Waals surface area contributed by atoms with Crippen LogP contribution in [0.15, 0.2) is 68.5 Å². The molecule has 0 amide bonds. The molecule has 10 heteroatoms. The van der Waals surface area contributed by atoms with E-state index in [1.54, 1.807) is 0 Å². The average Bonchev–Trinajstić information content (AvgIpc) is 3.78. The van der Waals surface area contributed by atoms with Crippen molar-refractivity contribution < 1.29 is 34.1 Å². The van der Waals surface area contributed by atoms with E-state index in [2.05, 4.69) is 155 Å². The molecule has 4 heterocycles. The van der Waals surface area contributed by atoms with E-state index < -0.39 is 0 Å². The Morgan fingerprint density at radius 3 is 0.654 bits per heavy atom. The fourth-order valence-electron chi connectivity index (χ4n) is 4.49. The van der Waals surface area contributed by atoms with Crippen molar-refractivity contribution in [2.45, 2.75) is 144 Å². The van der Waals surface area contributed by atoms with Crippen molar-refractivity contribution in [3.05, 3.63) is 94.1 Å². The Balaban J connectivity index is 0.000000501. The van der Waals surface area contributed by atoms with Crippen LogP contribution in [0.4, 0.5) is 0 Å². The minimum absolute atomic E-state index is 0. The third-order valence-electron chi connectivity index (χ3n) is 7.54. The fourth-order valence-corrected chi connectivity index (χ4v) is 4.49. The van der Waals surface area contributed by atoms with Crippen LogP contribution in [0.2, 0.25) is 0 Å². The van der Waals surface area contributed by atoms with E-state index in [9.17, 15) is 0 Å². The molecular weight excluding hydrogens is 726 g/mol. The van der Waals surface area contributed by atoms with Crippen molar-refractivity contribution >= 4 is 24.9 Å². The monoisotopic (exact) mass is 786 g/mol. The van der Waals surface area contributed by atoms with Gasteiger partial charge >= 0.3 is 34.1 Å². The molecule has 0 N–H and O–H groups in total. The van der Waals surface area contributed by atoms with Gasteiger partial charge in [0.2, 0.25) is 0 Å². The Labute approximate surface area is 335 Å². The number of nitrogens with zero attached hydrogens (tertiary/aromatic N) is 8. The van der Waals surface area contributed by atoms with Crippen LogP contribution in [0.1, 0.15) is 156 Å². The molecular formula is C42H60Mn2N8. The van der Waals surface area contributed by atoms with Crippen molar-refractivity contribution in [2.24, 2.45) is 20.0 Å². The average molecular weight is 787 g/mol. The van der Waals surface area contributed by atoms with Crippen molar-refractivity contribution in [3.8, 4) is 0 Å². The topological polar surface area (TPSA) is 106 Å². The summed E-state index contributed by atoms with van der Waals surface area (Å²) in [5, 5.41) is 0. The third-order valence-corrected chi connectivity index (χ3v) is 7.54. The largest absolute Gasteiger partial charge is 2.00 e. The van der Waals surface area contributed by atoms with Crippen LogP contribution in [0.3, 0.4) is 0 Å². The second-order valence-electron chi connectivity index (χ2n) is 18.0. The van der Waals surface area contributed by atoms with Gasteiger partial charge in [-0.15, -0.1) is 22.8 Å².